The van der Waals surface area contributed by atoms with E-state index in [9.17, 15) is 32.3 Å². The van der Waals surface area contributed by atoms with Crippen molar-refractivity contribution in [2.45, 2.75) is 31.5 Å². The van der Waals surface area contributed by atoms with Crippen LogP contribution in [0.4, 0.5) is 18.9 Å². The zero-order valence-electron chi connectivity index (χ0n) is 29.4. The minimum atomic E-state index is -4.51. The van der Waals surface area contributed by atoms with Gasteiger partial charge in [-0.25, -0.2) is 0 Å². The molecule has 0 aromatic heterocycles. The fraction of sp³-hybridized carbons (Fsp3) is 0.190. The first kappa shape index (κ1) is 38.8. The first-order valence-electron chi connectivity index (χ1n) is 16.8. The number of hydrogen-bond acceptors (Lipinski definition) is 8. The molecular formula is C42H36F3NO8. The zero-order chi connectivity index (χ0) is 38.7. The summed E-state index contributed by atoms with van der Waals surface area (Å²) < 4.78 is 61.4. The average Bonchev–Trinajstić information content (AvgIpc) is 3.18. The summed E-state index contributed by atoms with van der Waals surface area (Å²) in [5, 5.41) is 2.83. The van der Waals surface area contributed by atoms with Crippen LogP contribution in [-0.4, -0.2) is 44.1 Å². The summed E-state index contributed by atoms with van der Waals surface area (Å²) in [5.74, 6) is -3.02. The Hall–Kier alpha value is -6.43. The highest BCUT2D eigenvalue weighted by molar-refractivity contribution is 6.09. The fourth-order valence-corrected chi connectivity index (χ4v) is 5.67. The molecule has 0 heterocycles. The van der Waals surface area contributed by atoms with Gasteiger partial charge in [0.2, 0.25) is 5.41 Å². The number of ether oxygens (including phenoxy) is 4. The van der Waals surface area contributed by atoms with E-state index in [4.69, 9.17) is 18.9 Å². The Kier molecular flexibility index (Phi) is 12.5. The van der Waals surface area contributed by atoms with Gasteiger partial charge in [0.15, 0.2) is 0 Å². The van der Waals surface area contributed by atoms with Crippen LogP contribution in [0.5, 0.6) is 5.75 Å². The van der Waals surface area contributed by atoms with E-state index in [0.29, 0.717) is 16.7 Å². The van der Waals surface area contributed by atoms with Crippen molar-refractivity contribution in [3.8, 4) is 16.9 Å². The largest absolute Gasteiger partial charge is 0.487 e. The number of nitrogens with one attached hydrogen (secondary N) is 1. The summed E-state index contributed by atoms with van der Waals surface area (Å²) in [7, 11) is 1.12. The second-order valence-corrected chi connectivity index (χ2v) is 12.0. The second-order valence-electron chi connectivity index (χ2n) is 12.0. The molecular weight excluding hydrogens is 703 g/mol. The van der Waals surface area contributed by atoms with Gasteiger partial charge < -0.3 is 24.3 Å². The number of benzene rings is 5. The first-order valence-corrected chi connectivity index (χ1v) is 16.8. The van der Waals surface area contributed by atoms with E-state index in [1.54, 1.807) is 67.6 Å². The molecule has 5 rings (SSSR count). The number of esters is 3. The lowest BCUT2D eigenvalue weighted by atomic mass is 9.81. The van der Waals surface area contributed by atoms with Gasteiger partial charge in [0, 0.05) is 5.56 Å². The second kappa shape index (κ2) is 17.4. The molecule has 54 heavy (non-hydrogen) atoms. The number of halogens is 3. The third-order valence-corrected chi connectivity index (χ3v) is 8.45. The van der Waals surface area contributed by atoms with Gasteiger partial charge in [0.25, 0.3) is 5.91 Å². The van der Waals surface area contributed by atoms with Crippen molar-refractivity contribution < 1.29 is 51.3 Å². The normalized spacial score (nSPS) is 12.2. The maximum Gasteiger partial charge on any atom is 0.416 e. The topological polar surface area (TPSA) is 117 Å². The predicted octanol–water partition coefficient (Wildman–Crippen LogP) is 7.96. The van der Waals surface area contributed by atoms with Crippen molar-refractivity contribution in [1.29, 1.82) is 0 Å². The summed E-state index contributed by atoms with van der Waals surface area (Å²) in [6.07, 6.45) is -4.81. The Balaban J connectivity index is 1.39. The molecule has 0 saturated heterocycles. The van der Waals surface area contributed by atoms with Gasteiger partial charge in [-0.05, 0) is 65.1 Å². The lowest BCUT2D eigenvalue weighted by Crippen LogP contribution is -2.50. The van der Waals surface area contributed by atoms with Crippen LogP contribution in [0.1, 0.15) is 39.5 Å². The molecule has 9 nitrogen and oxygen atoms in total. The Bertz CT molecular complexity index is 2090. The van der Waals surface area contributed by atoms with Crippen LogP contribution in [0.3, 0.4) is 0 Å². The van der Waals surface area contributed by atoms with Crippen molar-refractivity contribution >= 4 is 29.5 Å². The molecule has 1 N–H and O–H groups in total. The minimum absolute atomic E-state index is 0.0341. The monoisotopic (exact) mass is 739 g/mol. The van der Waals surface area contributed by atoms with Gasteiger partial charge >= 0.3 is 24.1 Å². The number of anilines is 1. The van der Waals surface area contributed by atoms with Crippen LogP contribution in [0, 0.1) is 0 Å². The molecule has 0 bridgehead atoms. The number of hydrogen-bond donors (Lipinski definition) is 1. The number of carbonyl (C=O) groups is 4. The number of alkyl halides is 3. The Morgan fingerprint density at radius 2 is 1.33 bits per heavy atom. The van der Waals surface area contributed by atoms with Crippen molar-refractivity contribution in [1.82, 2.24) is 0 Å². The lowest BCUT2D eigenvalue weighted by Gasteiger charge is -2.28. The molecule has 0 aliphatic rings. The van der Waals surface area contributed by atoms with E-state index in [1.165, 1.54) is 24.3 Å². The highest BCUT2D eigenvalue weighted by atomic mass is 19.4. The van der Waals surface area contributed by atoms with Crippen LogP contribution in [0.15, 0.2) is 127 Å². The van der Waals surface area contributed by atoms with Crippen molar-refractivity contribution in [2.24, 2.45) is 0 Å². The molecule has 1 atom stereocenters. The first-order chi connectivity index (χ1) is 26.0. The Morgan fingerprint density at radius 1 is 0.685 bits per heavy atom. The number of rotatable bonds is 14. The fourth-order valence-electron chi connectivity index (χ4n) is 5.67. The van der Waals surface area contributed by atoms with E-state index >= 15 is 0 Å². The van der Waals surface area contributed by atoms with Gasteiger partial charge in [0.05, 0.1) is 31.4 Å². The molecule has 1 amide bonds. The van der Waals surface area contributed by atoms with Crippen LogP contribution < -0.4 is 10.1 Å². The maximum absolute atomic E-state index is 13.7. The number of amides is 1. The minimum Gasteiger partial charge on any atom is -0.487 e. The molecule has 0 aliphatic carbocycles. The molecule has 12 heteroatoms. The zero-order valence-corrected chi connectivity index (χ0v) is 29.4. The van der Waals surface area contributed by atoms with E-state index in [0.717, 1.165) is 24.8 Å². The molecule has 5 aromatic carbocycles. The van der Waals surface area contributed by atoms with Crippen LogP contribution in [-0.2, 0) is 53.2 Å². The number of carbonyl (C=O) groups excluding carboxylic acids is 4. The van der Waals surface area contributed by atoms with Gasteiger partial charge in [0.1, 0.15) is 19.0 Å². The molecule has 0 aliphatic heterocycles. The quantitative estimate of drug-likeness (QED) is 0.0693. The highest BCUT2D eigenvalue weighted by Gasteiger charge is 2.52. The van der Waals surface area contributed by atoms with Crippen LogP contribution in [0.25, 0.3) is 11.1 Å². The van der Waals surface area contributed by atoms with Crippen molar-refractivity contribution in [3.63, 3.8) is 0 Å². The molecule has 5 aromatic rings. The standard InChI is InChI=1S/C42H36F3NO8/c1-3-52-40(50)41(39(49)51-2,31-14-8-5-9-15-31)27-54-37(47)25-29-18-23-35(36(24-29)53-26-28-12-6-4-7-13-28)46-38(48)34-17-11-10-16-33(34)30-19-21-32(22-20-30)42(43,44)45/h4-24H,3,25-27H2,1-2H3,(H,46,48). The maximum atomic E-state index is 13.7. The summed E-state index contributed by atoms with van der Waals surface area (Å²) in [6.45, 7) is 0.968. The Morgan fingerprint density at radius 3 is 1.98 bits per heavy atom. The average molecular weight is 740 g/mol. The van der Waals surface area contributed by atoms with Crippen molar-refractivity contribution in [3.05, 3.63) is 155 Å². The van der Waals surface area contributed by atoms with Gasteiger partial charge in [-0.3, -0.25) is 19.2 Å². The highest BCUT2D eigenvalue weighted by Crippen LogP contribution is 2.34. The van der Waals surface area contributed by atoms with E-state index in [-0.39, 0.29) is 42.2 Å². The summed E-state index contributed by atoms with van der Waals surface area (Å²) in [6, 6.07) is 32.9. The van der Waals surface area contributed by atoms with Crippen LogP contribution >= 0.6 is 0 Å². The Labute approximate surface area is 309 Å². The van der Waals surface area contributed by atoms with Crippen molar-refractivity contribution in [2.75, 3.05) is 25.6 Å². The third kappa shape index (κ3) is 9.13. The summed E-state index contributed by atoms with van der Waals surface area (Å²) in [5.41, 5.74) is -0.131. The van der Waals surface area contributed by atoms with E-state index < -0.39 is 47.6 Å². The predicted molar refractivity (Wildman–Crippen MR) is 193 cm³/mol. The lowest BCUT2D eigenvalue weighted by molar-refractivity contribution is -0.169. The van der Waals surface area contributed by atoms with Crippen LogP contribution in [0.2, 0.25) is 0 Å². The summed E-state index contributed by atoms with van der Waals surface area (Å²) >= 11 is 0. The number of methoxy groups -OCH3 is 1. The smallest absolute Gasteiger partial charge is 0.416 e. The molecule has 1 unspecified atom stereocenters. The van der Waals surface area contributed by atoms with Gasteiger partial charge in [-0.2, -0.15) is 13.2 Å². The third-order valence-electron chi connectivity index (χ3n) is 8.45. The SMILES string of the molecule is CCOC(=O)C(COC(=O)Cc1ccc(NC(=O)c2ccccc2-c2ccc(C(F)(F)F)cc2)c(OCc2ccccc2)c1)(C(=O)OC)c1ccccc1. The molecule has 0 radical (unpaired) electrons. The van der Waals surface area contributed by atoms with E-state index in [1.807, 2.05) is 30.3 Å². The summed E-state index contributed by atoms with van der Waals surface area (Å²) in [4.78, 5) is 53.3. The van der Waals surface area contributed by atoms with E-state index in [2.05, 4.69) is 5.32 Å². The molecule has 278 valence electrons. The van der Waals surface area contributed by atoms with Gasteiger partial charge in [-0.15, -0.1) is 0 Å². The molecule has 0 spiro atoms. The molecule has 0 saturated carbocycles. The van der Waals surface area contributed by atoms with Gasteiger partial charge in [-0.1, -0.05) is 97.1 Å². The molecule has 0 fully saturated rings.